The van der Waals surface area contributed by atoms with Crippen molar-refractivity contribution in [3.63, 3.8) is 0 Å². The molecule has 0 aliphatic rings. The lowest BCUT2D eigenvalue weighted by Crippen LogP contribution is -2.09. The van der Waals surface area contributed by atoms with Crippen molar-refractivity contribution in [1.29, 1.82) is 0 Å². The summed E-state index contributed by atoms with van der Waals surface area (Å²) in [5.41, 5.74) is 0.816. The third-order valence-corrected chi connectivity index (χ3v) is 2.70. The maximum Gasteiger partial charge on any atom is 0.307 e. The highest BCUT2D eigenvalue weighted by molar-refractivity contribution is 5.69. The minimum Gasteiger partial charge on any atom is -0.466 e. The number of nitrogens with zero attached hydrogens (tertiary/aromatic N) is 3. The molecule has 0 amide bonds. The molecule has 2 aromatic rings. The van der Waals surface area contributed by atoms with E-state index in [-0.39, 0.29) is 5.97 Å². The van der Waals surface area contributed by atoms with Crippen LogP contribution in [-0.4, -0.2) is 27.3 Å². The fourth-order valence-corrected chi connectivity index (χ4v) is 1.75. The molecule has 0 unspecified atom stereocenters. The fourth-order valence-electron chi connectivity index (χ4n) is 1.75. The highest BCUT2D eigenvalue weighted by Crippen LogP contribution is 2.18. The van der Waals surface area contributed by atoms with E-state index in [4.69, 9.17) is 9.26 Å². The Morgan fingerprint density at radius 3 is 3.00 bits per heavy atom. The predicted molar refractivity (Wildman–Crippen MR) is 68.4 cm³/mol. The van der Waals surface area contributed by atoms with Crippen LogP contribution in [0.1, 0.15) is 26.1 Å². The standard InChI is InChI=1S/C13H17N3O3/c1-3-11-14-13(19-15-11)10-6-5-8-16(10)9-7-12(17)18-4-2/h5-6,8H,3-4,7,9H2,1-2H3. The summed E-state index contributed by atoms with van der Waals surface area (Å²) in [5.74, 6) is 0.945. The van der Waals surface area contributed by atoms with E-state index in [1.165, 1.54) is 0 Å². The minimum absolute atomic E-state index is 0.207. The molecule has 0 aromatic carbocycles. The van der Waals surface area contributed by atoms with Crippen LogP contribution >= 0.6 is 0 Å². The molecular formula is C13H17N3O3. The Bertz CT molecular complexity index is 545. The van der Waals surface area contributed by atoms with Crippen LogP contribution in [0.4, 0.5) is 0 Å². The number of carbonyl (C=O) groups excluding carboxylic acids is 1. The van der Waals surface area contributed by atoms with Gasteiger partial charge < -0.3 is 13.8 Å². The van der Waals surface area contributed by atoms with Crippen molar-refractivity contribution in [1.82, 2.24) is 14.7 Å². The summed E-state index contributed by atoms with van der Waals surface area (Å²) < 4.78 is 12.0. The average molecular weight is 263 g/mol. The summed E-state index contributed by atoms with van der Waals surface area (Å²) in [7, 11) is 0. The van der Waals surface area contributed by atoms with E-state index in [0.717, 1.165) is 12.1 Å². The SMILES string of the molecule is CCOC(=O)CCn1cccc1-c1nc(CC)no1. The molecule has 2 rings (SSSR count). The highest BCUT2D eigenvalue weighted by atomic mass is 16.5. The van der Waals surface area contributed by atoms with Gasteiger partial charge in [0.15, 0.2) is 5.82 Å². The number of esters is 1. The van der Waals surface area contributed by atoms with E-state index in [2.05, 4.69) is 10.1 Å². The molecule has 2 aromatic heterocycles. The first-order valence-corrected chi connectivity index (χ1v) is 6.38. The summed E-state index contributed by atoms with van der Waals surface area (Å²) in [6.45, 7) is 4.70. The molecule has 0 bridgehead atoms. The van der Waals surface area contributed by atoms with Crippen LogP contribution in [0.15, 0.2) is 22.9 Å². The molecule has 0 aliphatic carbocycles. The van der Waals surface area contributed by atoms with Gasteiger partial charge in [-0.1, -0.05) is 12.1 Å². The Kier molecular flexibility index (Phi) is 4.33. The Morgan fingerprint density at radius 2 is 2.32 bits per heavy atom. The molecule has 0 saturated carbocycles. The second-order valence-electron chi connectivity index (χ2n) is 4.01. The Labute approximate surface area is 111 Å². The molecule has 0 saturated heterocycles. The summed E-state index contributed by atoms with van der Waals surface area (Å²) in [5, 5.41) is 3.87. The highest BCUT2D eigenvalue weighted by Gasteiger charge is 2.12. The average Bonchev–Trinajstić information content (AvgIpc) is 3.05. The number of hydrogen-bond acceptors (Lipinski definition) is 5. The zero-order chi connectivity index (χ0) is 13.7. The molecule has 6 nitrogen and oxygen atoms in total. The van der Waals surface area contributed by atoms with Gasteiger partial charge in [-0.25, -0.2) is 0 Å². The first-order valence-electron chi connectivity index (χ1n) is 6.38. The smallest absolute Gasteiger partial charge is 0.307 e. The quantitative estimate of drug-likeness (QED) is 0.746. The van der Waals surface area contributed by atoms with E-state index in [0.29, 0.717) is 31.3 Å². The van der Waals surface area contributed by atoms with E-state index < -0.39 is 0 Å². The van der Waals surface area contributed by atoms with Crippen LogP contribution < -0.4 is 0 Å². The van der Waals surface area contributed by atoms with E-state index in [1.54, 1.807) is 6.92 Å². The van der Waals surface area contributed by atoms with E-state index in [9.17, 15) is 4.79 Å². The molecule has 0 atom stereocenters. The summed E-state index contributed by atoms with van der Waals surface area (Å²) in [6.07, 6.45) is 2.93. The summed E-state index contributed by atoms with van der Waals surface area (Å²) in [4.78, 5) is 15.6. The van der Waals surface area contributed by atoms with Gasteiger partial charge in [-0.05, 0) is 19.1 Å². The van der Waals surface area contributed by atoms with Crippen molar-refractivity contribution in [3.05, 3.63) is 24.2 Å². The van der Waals surface area contributed by atoms with Gasteiger partial charge in [-0.2, -0.15) is 4.98 Å². The number of aromatic nitrogens is 3. The first-order chi connectivity index (χ1) is 9.24. The Morgan fingerprint density at radius 1 is 1.47 bits per heavy atom. The van der Waals surface area contributed by atoms with Crippen molar-refractivity contribution in [2.75, 3.05) is 6.61 Å². The second-order valence-corrected chi connectivity index (χ2v) is 4.01. The van der Waals surface area contributed by atoms with Crippen molar-refractivity contribution in [3.8, 4) is 11.6 Å². The van der Waals surface area contributed by atoms with Gasteiger partial charge in [0.1, 0.15) is 5.69 Å². The first kappa shape index (κ1) is 13.3. The Hall–Kier alpha value is -2.11. The van der Waals surface area contributed by atoms with Crippen LogP contribution in [0.2, 0.25) is 0 Å². The molecule has 0 radical (unpaired) electrons. The third-order valence-electron chi connectivity index (χ3n) is 2.70. The van der Waals surface area contributed by atoms with Gasteiger partial charge in [0, 0.05) is 19.2 Å². The molecule has 0 aliphatic heterocycles. The number of rotatable bonds is 6. The van der Waals surface area contributed by atoms with Crippen LogP contribution in [-0.2, 0) is 22.5 Å². The zero-order valence-electron chi connectivity index (χ0n) is 11.1. The topological polar surface area (TPSA) is 70.2 Å². The lowest BCUT2D eigenvalue weighted by atomic mass is 10.4. The molecule has 2 heterocycles. The maximum absolute atomic E-state index is 11.3. The van der Waals surface area contributed by atoms with Crippen LogP contribution in [0, 0.1) is 0 Å². The van der Waals surface area contributed by atoms with Gasteiger partial charge in [-0.3, -0.25) is 4.79 Å². The van der Waals surface area contributed by atoms with Crippen molar-refractivity contribution in [2.24, 2.45) is 0 Å². The number of hydrogen-bond donors (Lipinski definition) is 0. The van der Waals surface area contributed by atoms with Gasteiger partial charge in [0.05, 0.1) is 13.0 Å². The molecule has 19 heavy (non-hydrogen) atoms. The lowest BCUT2D eigenvalue weighted by Gasteiger charge is -2.05. The number of carbonyl (C=O) groups is 1. The molecular weight excluding hydrogens is 246 g/mol. The van der Waals surface area contributed by atoms with Crippen molar-refractivity contribution < 1.29 is 14.1 Å². The van der Waals surface area contributed by atoms with Gasteiger partial charge in [0.2, 0.25) is 0 Å². The van der Waals surface area contributed by atoms with Crippen molar-refractivity contribution in [2.45, 2.75) is 33.2 Å². The van der Waals surface area contributed by atoms with Crippen LogP contribution in [0.25, 0.3) is 11.6 Å². The number of ether oxygens (including phenoxy) is 1. The second kappa shape index (κ2) is 6.17. The van der Waals surface area contributed by atoms with E-state index >= 15 is 0 Å². The van der Waals surface area contributed by atoms with E-state index in [1.807, 2.05) is 29.8 Å². The van der Waals surface area contributed by atoms with Gasteiger partial charge in [-0.15, -0.1) is 0 Å². The lowest BCUT2D eigenvalue weighted by molar-refractivity contribution is -0.143. The monoisotopic (exact) mass is 263 g/mol. The maximum atomic E-state index is 11.3. The minimum atomic E-state index is -0.207. The van der Waals surface area contributed by atoms with Gasteiger partial charge in [0.25, 0.3) is 5.89 Å². The largest absolute Gasteiger partial charge is 0.466 e. The third kappa shape index (κ3) is 3.21. The van der Waals surface area contributed by atoms with Gasteiger partial charge >= 0.3 is 5.97 Å². The molecule has 6 heteroatoms. The van der Waals surface area contributed by atoms with Crippen molar-refractivity contribution >= 4 is 5.97 Å². The molecule has 0 spiro atoms. The van der Waals surface area contributed by atoms with Crippen LogP contribution in [0.5, 0.6) is 0 Å². The predicted octanol–water partition coefficient (Wildman–Crippen LogP) is 2.05. The Balaban J connectivity index is 2.07. The summed E-state index contributed by atoms with van der Waals surface area (Å²) >= 11 is 0. The number of aryl methyl sites for hydroxylation is 2. The molecule has 0 N–H and O–H groups in total. The summed E-state index contributed by atoms with van der Waals surface area (Å²) in [6, 6.07) is 3.77. The fraction of sp³-hybridized carbons (Fsp3) is 0.462. The molecule has 0 fully saturated rings. The normalized spacial score (nSPS) is 10.6. The van der Waals surface area contributed by atoms with Crippen LogP contribution in [0.3, 0.4) is 0 Å². The molecule has 102 valence electrons. The zero-order valence-corrected chi connectivity index (χ0v) is 11.1.